The van der Waals surface area contributed by atoms with Crippen molar-refractivity contribution in [3.63, 3.8) is 0 Å². The summed E-state index contributed by atoms with van der Waals surface area (Å²) in [7, 11) is 0. The van der Waals surface area contributed by atoms with Crippen molar-refractivity contribution >= 4 is 75.5 Å². The van der Waals surface area contributed by atoms with E-state index in [0.29, 0.717) is 11.1 Å². The number of allylic oxidation sites excluding steroid dienone is 2. The molecule has 6 atom stereocenters. The lowest BCUT2D eigenvalue weighted by atomic mass is 9.56. The zero-order valence-electron chi connectivity index (χ0n) is 22.2. The topological polar surface area (TPSA) is 95.0 Å². The number of hydrogen-bond donors (Lipinski definition) is 1. The zero-order chi connectivity index (χ0) is 30.4. The number of imide groups is 2. The molecular formula is C31H22Cl3FN2O5S. The number of anilines is 1. The van der Waals surface area contributed by atoms with Gasteiger partial charge in [0.05, 0.1) is 24.1 Å². The number of carbonyl (C=O) groups excluding carboxylic acids is 4. The minimum atomic E-state index is -2.10. The molecular weight excluding hydrogens is 638 g/mol. The van der Waals surface area contributed by atoms with Gasteiger partial charge in [-0.05, 0) is 72.2 Å². The van der Waals surface area contributed by atoms with Crippen LogP contribution in [0.1, 0.15) is 29.2 Å². The highest BCUT2D eigenvalue weighted by atomic mass is 35.5. The zero-order valence-corrected chi connectivity index (χ0v) is 25.3. The standard InChI is InChI=1S/C31H22Cl3FN2O5S/c32-23-12-17(38)7-8-20(23)25-19-9-10-21-24(27(40)36(26(21)39)14-18-2-1-11-43-18)22(19)13-30(33)28(41)37(29(42)31(25,30)34)16-5-3-15(35)4-6-16/h1-9,11-12,21-22,24-25,38H,10,13-14H2. The van der Waals surface area contributed by atoms with Gasteiger partial charge in [0, 0.05) is 15.8 Å². The molecule has 2 saturated heterocycles. The summed E-state index contributed by atoms with van der Waals surface area (Å²) in [4.78, 5) is 54.9. The molecule has 6 unspecified atom stereocenters. The van der Waals surface area contributed by atoms with Gasteiger partial charge in [0.15, 0.2) is 9.75 Å². The first-order valence-corrected chi connectivity index (χ1v) is 15.6. The molecule has 1 N–H and O–H groups in total. The van der Waals surface area contributed by atoms with Crippen molar-refractivity contribution in [2.45, 2.75) is 35.1 Å². The van der Waals surface area contributed by atoms with Crippen molar-refractivity contribution in [1.29, 1.82) is 0 Å². The summed E-state index contributed by atoms with van der Waals surface area (Å²) in [5.41, 5.74) is 1.01. The van der Waals surface area contributed by atoms with Gasteiger partial charge >= 0.3 is 0 Å². The Kier molecular flexibility index (Phi) is 6.56. The Labute approximate surface area is 264 Å². The second kappa shape index (κ2) is 9.89. The van der Waals surface area contributed by atoms with Crippen molar-refractivity contribution in [3.05, 3.63) is 92.9 Å². The van der Waals surface area contributed by atoms with Crippen LogP contribution in [0.4, 0.5) is 10.1 Å². The Hall–Kier alpha value is -3.24. The van der Waals surface area contributed by atoms with E-state index in [4.69, 9.17) is 34.8 Å². The van der Waals surface area contributed by atoms with Gasteiger partial charge in [-0.1, -0.05) is 35.4 Å². The summed E-state index contributed by atoms with van der Waals surface area (Å²) in [5, 5.41) is 12.0. The number of rotatable bonds is 4. The number of benzene rings is 2. The van der Waals surface area contributed by atoms with Crippen LogP contribution in [0.25, 0.3) is 0 Å². The number of aromatic hydroxyl groups is 1. The first-order chi connectivity index (χ1) is 20.5. The third kappa shape index (κ3) is 3.91. The monoisotopic (exact) mass is 658 g/mol. The van der Waals surface area contributed by atoms with Gasteiger partial charge in [-0.2, -0.15) is 0 Å². The van der Waals surface area contributed by atoms with E-state index >= 15 is 0 Å². The molecule has 2 aromatic carbocycles. The van der Waals surface area contributed by atoms with Crippen LogP contribution in [-0.4, -0.2) is 43.4 Å². The quantitative estimate of drug-likeness (QED) is 0.210. The van der Waals surface area contributed by atoms with Crippen molar-refractivity contribution in [2.75, 3.05) is 4.90 Å². The number of hydrogen-bond acceptors (Lipinski definition) is 6. The SMILES string of the molecule is O=C1C2CC=C3C(CC4(Cl)C(=O)N(c5ccc(F)cc5)C(=O)C4(Cl)C3c3ccc(O)cc3Cl)C2C(=O)N1Cc1cccs1. The lowest BCUT2D eigenvalue weighted by molar-refractivity contribution is -0.141. The normalized spacial score (nSPS) is 31.7. The van der Waals surface area contributed by atoms with Gasteiger partial charge in [0.1, 0.15) is 11.6 Å². The molecule has 3 fully saturated rings. The number of fused-ring (bicyclic) bond motifs is 4. The number of phenols is 1. The van der Waals surface area contributed by atoms with Crippen molar-refractivity contribution in [3.8, 4) is 5.75 Å². The summed E-state index contributed by atoms with van der Waals surface area (Å²) in [6.45, 7) is 0.138. The lowest BCUT2D eigenvalue weighted by Gasteiger charge is -2.50. The molecule has 0 bridgehead atoms. The van der Waals surface area contributed by atoms with Crippen LogP contribution in [0.5, 0.6) is 5.75 Å². The summed E-state index contributed by atoms with van der Waals surface area (Å²) < 4.78 is 13.8. The van der Waals surface area contributed by atoms with Gasteiger partial charge < -0.3 is 5.11 Å². The smallest absolute Gasteiger partial charge is 0.258 e. The Morgan fingerprint density at radius 3 is 2.40 bits per heavy atom. The van der Waals surface area contributed by atoms with Gasteiger partial charge in [-0.15, -0.1) is 34.5 Å². The van der Waals surface area contributed by atoms with E-state index in [1.807, 2.05) is 23.6 Å². The van der Waals surface area contributed by atoms with Crippen molar-refractivity contribution in [1.82, 2.24) is 4.90 Å². The van der Waals surface area contributed by atoms with Gasteiger partial charge in [0.2, 0.25) is 11.8 Å². The molecule has 220 valence electrons. The first-order valence-electron chi connectivity index (χ1n) is 13.6. The number of likely N-dealkylation sites (tertiary alicyclic amines) is 1. The molecule has 7 nitrogen and oxygen atoms in total. The van der Waals surface area contributed by atoms with E-state index in [0.717, 1.165) is 21.9 Å². The fourth-order valence-corrected chi connectivity index (χ4v) is 9.18. The van der Waals surface area contributed by atoms with Crippen LogP contribution in [0, 0.1) is 23.6 Å². The predicted molar refractivity (Wildman–Crippen MR) is 160 cm³/mol. The highest BCUT2D eigenvalue weighted by molar-refractivity contribution is 7.09. The van der Waals surface area contributed by atoms with Crippen LogP contribution < -0.4 is 4.90 Å². The van der Waals surface area contributed by atoms with Crippen LogP contribution in [0.2, 0.25) is 5.02 Å². The minimum Gasteiger partial charge on any atom is -0.508 e. The molecule has 0 radical (unpaired) electrons. The Bertz CT molecular complexity index is 1750. The van der Waals surface area contributed by atoms with E-state index in [-0.39, 0.29) is 47.7 Å². The van der Waals surface area contributed by atoms with Crippen molar-refractivity contribution in [2.24, 2.45) is 17.8 Å². The maximum absolute atomic E-state index is 14.3. The molecule has 3 heterocycles. The molecule has 1 aromatic heterocycles. The van der Waals surface area contributed by atoms with Crippen LogP contribution in [0.3, 0.4) is 0 Å². The van der Waals surface area contributed by atoms with E-state index in [2.05, 4.69) is 0 Å². The Morgan fingerprint density at radius 1 is 0.977 bits per heavy atom. The Morgan fingerprint density at radius 2 is 1.72 bits per heavy atom. The van der Waals surface area contributed by atoms with E-state index in [1.165, 1.54) is 46.6 Å². The summed E-state index contributed by atoms with van der Waals surface area (Å²) in [6.07, 6.45) is 1.85. The number of halogens is 4. The third-order valence-electron chi connectivity index (χ3n) is 9.18. The molecule has 3 aromatic rings. The maximum atomic E-state index is 14.3. The molecule has 0 spiro atoms. The highest BCUT2D eigenvalue weighted by Crippen LogP contribution is 2.66. The maximum Gasteiger partial charge on any atom is 0.258 e. The third-order valence-corrected chi connectivity index (χ3v) is 11.8. The molecule has 4 amide bonds. The Balaban J connectivity index is 1.39. The summed E-state index contributed by atoms with van der Waals surface area (Å²) >= 11 is 22.7. The van der Waals surface area contributed by atoms with E-state index in [9.17, 15) is 28.7 Å². The molecule has 2 aliphatic heterocycles. The molecule has 4 aliphatic rings. The number of phenolic OH excluding ortho intramolecular Hbond substituents is 1. The number of nitrogens with zero attached hydrogens (tertiary/aromatic N) is 2. The molecule has 12 heteroatoms. The molecule has 43 heavy (non-hydrogen) atoms. The predicted octanol–water partition coefficient (Wildman–Crippen LogP) is 6.01. The minimum absolute atomic E-state index is 0.0846. The number of thiophene rings is 1. The largest absolute Gasteiger partial charge is 0.508 e. The molecule has 2 aliphatic carbocycles. The summed E-state index contributed by atoms with van der Waals surface area (Å²) in [5.74, 6) is -6.28. The average molecular weight is 660 g/mol. The van der Waals surface area contributed by atoms with Crippen LogP contribution in [0.15, 0.2) is 71.6 Å². The van der Waals surface area contributed by atoms with E-state index < -0.39 is 51.1 Å². The number of amides is 4. The fourth-order valence-electron chi connectivity index (χ4n) is 7.27. The first kappa shape index (κ1) is 28.5. The second-order valence-corrected chi connectivity index (χ2v) is 14.0. The van der Waals surface area contributed by atoms with E-state index in [1.54, 1.807) is 0 Å². The molecule has 1 saturated carbocycles. The number of alkyl halides is 2. The fraction of sp³-hybridized carbons (Fsp3) is 0.290. The second-order valence-electron chi connectivity index (χ2n) is 11.3. The lowest BCUT2D eigenvalue weighted by Crippen LogP contribution is -2.60. The van der Waals surface area contributed by atoms with Crippen LogP contribution in [-0.2, 0) is 25.7 Å². The highest BCUT2D eigenvalue weighted by Gasteiger charge is 2.76. The summed E-state index contributed by atoms with van der Waals surface area (Å²) in [6, 6.07) is 12.7. The average Bonchev–Trinajstić information content (AvgIpc) is 3.61. The van der Waals surface area contributed by atoms with Crippen molar-refractivity contribution < 1.29 is 28.7 Å². The number of carbonyl (C=O) groups is 4. The van der Waals surface area contributed by atoms with Gasteiger partial charge in [0.25, 0.3) is 11.8 Å². The van der Waals surface area contributed by atoms with Gasteiger partial charge in [-0.3, -0.25) is 24.1 Å². The molecule has 7 rings (SSSR count). The van der Waals surface area contributed by atoms with Crippen LogP contribution >= 0.6 is 46.1 Å². The van der Waals surface area contributed by atoms with Gasteiger partial charge in [-0.25, -0.2) is 9.29 Å².